The number of non-ortho nitro benzene ring substituents is 1. The molecule has 10 heteroatoms. The standard InChI is InChI=1S/C20H21N5O5/c1-13(21-20(27)22-14-7-9-15(10-8-14)25(28)29)18-23-17-6-4-3-5-16(17)19(26)24(18)11-12-30-2/h3-10,13H,11-12H2,1-2H3,(H2,21,22,27)/t13-/m0/s1. The van der Waals surface area contributed by atoms with Gasteiger partial charge in [0.25, 0.3) is 11.2 Å². The second-order valence-electron chi connectivity index (χ2n) is 6.56. The Balaban J connectivity index is 1.82. The number of aromatic nitrogens is 2. The van der Waals surface area contributed by atoms with Gasteiger partial charge >= 0.3 is 6.03 Å². The molecule has 1 atom stereocenters. The van der Waals surface area contributed by atoms with E-state index >= 15 is 0 Å². The van der Waals surface area contributed by atoms with Crippen molar-refractivity contribution in [3.8, 4) is 0 Å². The van der Waals surface area contributed by atoms with Crippen LogP contribution in [-0.4, -0.2) is 34.2 Å². The number of hydrogen-bond acceptors (Lipinski definition) is 6. The minimum atomic E-state index is -0.586. The Morgan fingerprint density at radius 1 is 1.23 bits per heavy atom. The molecule has 2 aromatic carbocycles. The summed E-state index contributed by atoms with van der Waals surface area (Å²) in [5, 5.41) is 16.6. The number of rotatable bonds is 7. The van der Waals surface area contributed by atoms with Gasteiger partial charge in [-0.25, -0.2) is 9.78 Å². The molecule has 0 saturated carbocycles. The third kappa shape index (κ3) is 4.61. The van der Waals surface area contributed by atoms with E-state index in [0.717, 1.165) is 0 Å². The molecule has 0 aliphatic rings. The number of anilines is 1. The summed E-state index contributed by atoms with van der Waals surface area (Å²) < 4.78 is 6.59. The van der Waals surface area contributed by atoms with Crippen molar-refractivity contribution in [3.05, 3.63) is 74.8 Å². The third-order valence-corrected chi connectivity index (χ3v) is 4.48. The van der Waals surface area contributed by atoms with Crippen LogP contribution in [0.15, 0.2) is 53.3 Å². The number of nitrogens with zero attached hydrogens (tertiary/aromatic N) is 3. The van der Waals surface area contributed by atoms with E-state index in [-0.39, 0.29) is 11.2 Å². The number of carbonyl (C=O) groups excluding carboxylic acids is 1. The average molecular weight is 411 g/mol. The molecule has 0 radical (unpaired) electrons. The number of nitro benzene ring substituents is 1. The third-order valence-electron chi connectivity index (χ3n) is 4.48. The minimum Gasteiger partial charge on any atom is -0.383 e. The van der Waals surface area contributed by atoms with Crippen LogP contribution in [0.3, 0.4) is 0 Å². The molecule has 10 nitrogen and oxygen atoms in total. The van der Waals surface area contributed by atoms with E-state index in [1.807, 2.05) is 0 Å². The SMILES string of the molecule is COCCn1c([C@H](C)NC(=O)Nc2ccc([N+](=O)[O-])cc2)nc2ccccc2c1=O. The van der Waals surface area contributed by atoms with Crippen LogP contribution in [0.5, 0.6) is 0 Å². The zero-order chi connectivity index (χ0) is 21.7. The van der Waals surface area contributed by atoms with Crippen molar-refractivity contribution >= 4 is 28.3 Å². The second kappa shape index (κ2) is 9.14. The molecule has 0 aliphatic heterocycles. The molecule has 30 heavy (non-hydrogen) atoms. The predicted molar refractivity (Wildman–Crippen MR) is 112 cm³/mol. The predicted octanol–water partition coefficient (Wildman–Crippen LogP) is 2.83. The fourth-order valence-corrected chi connectivity index (χ4v) is 3.01. The van der Waals surface area contributed by atoms with Gasteiger partial charge in [-0.1, -0.05) is 12.1 Å². The molecule has 156 valence electrons. The van der Waals surface area contributed by atoms with Crippen molar-refractivity contribution in [2.45, 2.75) is 19.5 Å². The first-order chi connectivity index (χ1) is 14.4. The maximum absolute atomic E-state index is 12.9. The van der Waals surface area contributed by atoms with Crippen LogP contribution in [0, 0.1) is 10.1 Å². The lowest BCUT2D eigenvalue weighted by Crippen LogP contribution is -2.36. The Morgan fingerprint density at radius 2 is 1.93 bits per heavy atom. The Labute approximate surface area is 171 Å². The van der Waals surface area contributed by atoms with Crippen molar-refractivity contribution < 1.29 is 14.5 Å². The normalized spacial score (nSPS) is 11.8. The zero-order valence-corrected chi connectivity index (χ0v) is 16.5. The summed E-state index contributed by atoms with van der Waals surface area (Å²) in [6.45, 7) is 2.32. The first-order valence-electron chi connectivity index (χ1n) is 9.21. The molecule has 2 N–H and O–H groups in total. The molecule has 0 spiro atoms. The van der Waals surface area contributed by atoms with E-state index in [1.54, 1.807) is 38.3 Å². The Kier molecular flexibility index (Phi) is 6.38. The smallest absolute Gasteiger partial charge is 0.319 e. The fourth-order valence-electron chi connectivity index (χ4n) is 3.01. The number of hydrogen-bond donors (Lipinski definition) is 2. The second-order valence-corrected chi connectivity index (χ2v) is 6.56. The van der Waals surface area contributed by atoms with Crippen LogP contribution < -0.4 is 16.2 Å². The summed E-state index contributed by atoms with van der Waals surface area (Å²) in [5.41, 5.74) is 0.651. The maximum atomic E-state index is 12.9. The van der Waals surface area contributed by atoms with Crippen LogP contribution in [0.25, 0.3) is 10.9 Å². The van der Waals surface area contributed by atoms with Gasteiger partial charge in [0, 0.05) is 24.9 Å². The van der Waals surface area contributed by atoms with Crippen LogP contribution in [0.4, 0.5) is 16.2 Å². The lowest BCUT2D eigenvalue weighted by molar-refractivity contribution is -0.384. The van der Waals surface area contributed by atoms with Crippen molar-refractivity contribution in [1.29, 1.82) is 0 Å². The van der Waals surface area contributed by atoms with E-state index < -0.39 is 17.0 Å². The highest BCUT2D eigenvalue weighted by atomic mass is 16.6. The largest absolute Gasteiger partial charge is 0.383 e. The molecule has 0 saturated heterocycles. The van der Waals surface area contributed by atoms with E-state index in [2.05, 4.69) is 15.6 Å². The Morgan fingerprint density at radius 3 is 2.60 bits per heavy atom. The van der Waals surface area contributed by atoms with Crippen LogP contribution in [0.1, 0.15) is 18.8 Å². The first kappa shape index (κ1) is 20.9. The summed E-state index contributed by atoms with van der Waals surface area (Å²) >= 11 is 0. The summed E-state index contributed by atoms with van der Waals surface area (Å²) in [6.07, 6.45) is 0. The lowest BCUT2D eigenvalue weighted by Gasteiger charge is -2.19. The molecule has 2 amide bonds. The molecule has 3 aromatic rings. The highest BCUT2D eigenvalue weighted by Gasteiger charge is 2.18. The van der Waals surface area contributed by atoms with E-state index in [4.69, 9.17) is 4.74 Å². The molecule has 0 aliphatic carbocycles. The molecular weight excluding hydrogens is 390 g/mol. The Bertz CT molecular complexity index is 1130. The van der Waals surface area contributed by atoms with Gasteiger partial charge < -0.3 is 15.4 Å². The number of nitrogens with one attached hydrogen (secondary N) is 2. The summed E-state index contributed by atoms with van der Waals surface area (Å²) in [6, 6.07) is 11.4. The van der Waals surface area contributed by atoms with Gasteiger partial charge in [-0.05, 0) is 31.2 Å². The van der Waals surface area contributed by atoms with Gasteiger partial charge in [0.05, 0.1) is 35.0 Å². The fraction of sp³-hybridized carbons (Fsp3) is 0.250. The van der Waals surface area contributed by atoms with Crippen molar-refractivity contribution in [1.82, 2.24) is 14.9 Å². The number of para-hydroxylation sites is 1. The lowest BCUT2D eigenvalue weighted by atomic mass is 10.2. The van der Waals surface area contributed by atoms with E-state index in [0.29, 0.717) is 35.6 Å². The number of benzene rings is 2. The average Bonchev–Trinajstić information content (AvgIpc) is 2.73. The molecule has 0 bridgehead atoms. The molecule has 3 rings (SSSR count). The van der Waals surface area contributed by atoms with Gasteiger partial charge in [0.2, 0.25) is 0 Å². The topological polar surface area (TPSA) is 128 Å². The number of nitro groups is 1. The number of fused-ring (bicyclic) bond motifs is 1. The quantitative estimate of drug-likeness (QED) is 0.454. The molecule has 1 aromatic heterocycles. The maximum Gasteiger partial charge on any atom is 0.319 e. The molecule has 1 heterocycles. The first-order valence-corrected chi connectivity index (χ1v) is 9.21. The van der Waals surface area contributed by atoms with Gasteiger partial charge in [-0.2, -0.15) is 0 Å². The van der Waals surface area contributed by atoms with Crippen molar-refractivity contribution in [2.24, 2.45) is 0 Å². The van der Waals surface area contributed by atoms with Gasteiger partial charge in [0.1, 0.15) is 5.82 Å². The van der Waals surface area contributed by atoms with Gasteiger partial charge in [0.15, 0.2) is 0 Å². The van der Waals surface area contributed by atoms with E-state index in [9.17, 15) is 19.7 Å². The van der Waals surface area contributed by atoms with Gasteiger partial charge in [-0.15, -0.1) is 0 Å². The van der Waals surface area contributed by atoms with Crippen LogP contribution in [0.2, 0.25) is 0 Å². The van der Waals surface area contributed by atoms with Crippen LogP contribution >= 0.6 is 0 Å². The summed E-state index contributed by atoms with van der Waals surface area (Å²) in [4.78, 5) is 40.1. The number of ether oxygens (including phenoxy) is 1. The molecular formula is C20H21N5O5. The van der Waals surface area contributed by atoms with Crippen molar-refractivity contribution in [2.75, 3.05) is 19.0 Å². The number of amides is 2. The summed E-state index contributed by atoms with van der Waals surface area (Å²) in [7, 11) is 1.54. The minimum absolute atomic E-state index is 0.0724. The number of carbonyl (C=O) groups is 1. The van der Waals surface area contributed by atoms with Crippen molar-refractivity contribution in [3.63, 3.8) is 0 Å². The monoisotopic (exact) mass is 411 g/mol. The summed E-state index contributed by atoms with van der Waals surface area (Å²) in [5.74, 6) is 0.398. The number of methoxy groups -OCH3 is 1. The highest BCUT2D eigenvalue weighted by molar-refractivity contribution is 5.89. The van der Waals surface area contributed by atoms with Gasteiger partial charge in [-0.3, -0.25) is 19.5 Å². The molecule has 0 fully saturated rings. The number of urea groups is 1. The van der Waals surface area contributed by atoms with E-state index in [1.165, 1.54) is 28.8 Å². The van der Waals surface area contributed by atoms with Crippen LogP contribution in [-0.2, 0) is 11.3 Å². The molecule has 0 unspecified atom stereocenters. The highest BCUT2D eigenvalue weighted by Crippen LogP contribution is 2.17. The zero-order valence-electron chi connectivity index (χ0n) is 16.5. The Hall–Kier alpha value is -3.79.